The van der Waals surface area contributed by atoms with Crippen molar-refractivity contribution < 1.29 is 14.7 Å². The van der Waals surface area contributed by atoms with Crippen LogP contribution in [0.3, 0.4) is 0 Å². The maximum atomic E-state index is 12.1. The minimum Gasteiger partial charge on any atom is -0.480 e. The van der Waals surface area contributed by atoms with E-state index in [0.717, 1.165) is 24.1 Å². The number of carboxylic acid groups (broad SMARTS) is 1. The smallest absolute Gasteiger partial charge is 0.326 e. The van der Waals surface area contributed by atoms with Crippen molar-refractivity contribution in [3.05, 3.63) is 22.4 Å². The highest BCUT2D eigenvalue weighted by molar-refractivity contribution is 7.09. The number of hydrogen-bond acceptors (Lipinski definition) is 3. The van der Waals surface area contributed by atoms with Crippen molar-refractivity contribution in [2.24, 2.45) is 0 Å². The van der Waals surface area contributed by atoms with E-state index in [0.29, 0.717) is 19.5 Å². The first kappa shape index (κ1) is 13.9. The van der Waals surface area contributed by atoms with E-state index in [9.17, 15) is 14.7 Å². The summed E-state index contributed by atoms with van der Waals surface area (Å²) in [7, 11) is 0. The van der Waals surface area contributed by atoms with Gasteiger partial charge in [-0.15, -0.1) is 11.3 Å². The highest BCUT2D eigenvalue weighted by atomic mass is 32.1. The summed E-state index contributed by atoms with van der Waals surface area (Å²) in [6, 6.07) is 2.91. The van der Waals surface area contributed by atoms with Gasteiger partial charge in [0.2, 0.25) is 0 Å². The monoisotopic (exact) mass is 282 g/mol. The second-order valence-electron chi connectivity index (χ2n) is 4.63. The van der Waals surface area contributed by atoms with Gasteiger partial charge in [-0.1, -0.05) is 18.9 Å². The fraction of sp³-hybridized carbons (Fsp3) is 0.538. The number of carbonyl (C=O) groups excluding carboxylic acids is 1. The molecule has 0 saturated carbocycles. The first-order valence-electron chi connectivity index (χ1n) is 6.48. The lowest BCUT2D eigenvalue weighted by Crippen LogP contribution is -2.49. The molecule has 1 fully saturated rings. The van der Waals surface area contributed by atoms with Crippen LogP contribution in [0.2, 0.25) is 0 Å². The van der Waals surface area contributed by atoms with E-state index in [1.54, 1.807) is 11.3 Å². The molecule has 1 unspecified atom stereocenters. The average Bonchev–Trinajstić information content (AvgIpc) is 2.77. The first-order valence-corrected chi connectivity index (χ1v) is 7.36. The van der Waals surface area contributed by atoms with Gasteiger partial charge in [-0.05, 0) is 24.3 Å². The van der Waals surface area contributed by atoms with Gasteiger partial charge >= 0.3 is 12.0 Å². The van der Waals surface area contributed by atoms with Gasteiger partial charge in [-0.3, -0.25) is 0 Å². The number of likely N-dealkylation sites (tertiary alicyclic amines) is 1. The van der Waals surface area contributed by atoms with Crippen LogP contribution >= 0.6 is 11.3 Å². The maximum Gasteiger partial charge on any atom is 0.326 e. The zero-order chi connectivity index (χ0) is 13.7. The van der Waals surface area contributed by atoms with Crippen LogP contribution in [0.25, 0.3) is 0 Å². The molecule has 1 aromatic heterocycles. The summed E-state index contributed by atoms with van der Waals surface area (Å²) in [5.41, 5.74) is 0. The molecular weight excluding hydrogens is 264 g/mol. The summed E-state index contributed by atoms with van der Waals surface area (Å²) in [6.07, 6.45) is 3.27. The van der Waals surface area contributed by atoms with E-state index in [-0.39, 0.29) is 6.03 Å². The Morgan fingerprint density at radius 1 is 1.42 bits per heavy atom. The molecule has 1 atom stereocenters. The van der Waals surface area contributed by atoms with Crippen LogP contribution in [-0.2, 0) is 11.3 Å². The highest BCUT2D eigenvalue weighted by Crippen LogP contribution is 2.17. The predicted molar refractivity (Wildman–Crippen MR) is 73.2 cm³/mol. The van der Waals surface area contributed by atoms with Gasteiger partial charge in [0.1, 0.15) is 6.04 Å². The molecule has 19 heavy (non-hydrogen) atoms. The molecule has 0 spiro atoms. The number of hydrogen-bond donors (Lipinski definition) is 2. The summed E-state index contributed by atoms with van der Waals surface area (Å²) in [4.78, 5) is 25.9. The Labute approximate surface area is 116 Å². The van der Waals surface area contributed by atoms with Gasteiger partial charge in [0.25, 0.3) is 0 Å². The lowest BCUT2D eigenvalue weighted by atomic mass is 10.1. The molecular formula is C13H18N2O3S. The summed E-state index contributed by atoms with van der Waals surface area (Å²) in [5, 5.41) is 14.0. The third kappa shape index (κ3) is 3.70. The third-order valence-electron chi connectivity index (χ3n) is 3.29. The van der Waals surface area contributed by atoms with E-state index in [2.05, 4.69) is 5.32 Å². The van der Waals surface area contributed by atoms with Crippen LogP contribution in [0.4, 0.5) is 4.79 Å². The summed E-state index contributed by atoms with van der Waals surface area (Å²) < 4.78 is 0. The standard InChI is InChI=1S/C13H18N2O3S/c16-12(17)11-6-2-1-3-7-15(11)13(18)14-9-10-5-4-8-19-10/h4-5,8,11H,1-3,6-7,9H2,(H,14,18)(H,16,17). The zero-order valence-electron chi connectivity index (χ0n) is 10.7. The van der Waals surface area contributed by atoms with Crippen LogP contribution < -0.4 is 5.32 Å². The van der Waals surface area contributed by atoms with Crippen LogP contribution in [-0.4, -0.2) is 34.6 Å². The summed E-state index contributed by atoms with van der Waals surface area (Å²) in [5.74, 6) is -0.909. The maximum absolute atomic E-state index is 12.1. The number of thiophene rings is 1. The fourth-order valence-corrected chi connectivity index (χ4v) is 2.93. The number of nitrogens with one attached hydrogen (secondary N) is 1. The SMILES string of the molecule is O=C(O)C1CCCCCN1C(=O)NCc1cccs1. The molecule has 1 aliphatic heterocycles. The van der Waals surface area contributed by atoms with Crippen molar-refractivity contribution in [2.75, 3.05) is 6.54 Å². The molecule has 2 amide bonds. The number of rotatable bonds is 3. The molecule has 0 bridgehead atoms. The molecule has 2 rings (SSSR count). The van der Waals surface area contributed by atoms with Crippen molar-refractivity contribution in [3.63, 3.8) is 0 Å². The van der Waals surface area contributed by atoms with Gasteiger partial charge < -0.3 is 15.3 Å². The number of carboxylic acids is 1. The topological polar surface area (TPSA) is 69.6 Å². The largest absolute Gasteiger partial charge is 0.480 e. The molecule has 0 aliphatic carbocycles. The van der Waals surface area contributed by atoms with Crippen molar-refractivity contribution >= 4 is 23.3 Å². The molecule has 1 aliphatic rings. The van der Waals surface area contributed by atoms with Gasteiger partial charge in [0.05, 0.1) is 6.54 Å². The summed E-state index contributed by atoms with van der Waals surface area (Å²) >= 11 is 1.57. The first-order chi connectivity index (χ1) is 9.18. The molecule has 5 nitrogen and oxygen atoms in total. The van der Waals surface area contributed by atoms with E-state index in [1.165, 1.54) is 4.90 Å². The normalized spacial score (nSPS) is 19.8. The number of amides is 2. The molecule has 2 N–H and O–H groups in total. The lowest BCUT2D eigenvalue weighted by Gasteiger charge is -2.26. The van der Waals surface area contributed by atoms with Crippen molar-refractivity contribution in [3.8, 4) is 0 Å². The number of aliphatic carboxylic acids is 1. The third-order valence-corrected chi connectivity index (χ3v) is 4.17. The van der Waals surface area contributed by atoms with Gasteiger partial charge in [-0.2, -0.15) is 0 Å². The zero-order valence-corrected chi connectivity index (χ0v) is 11.5. The Bertz CT molecular complexity index is 433. The molecule has 0 aromatic carbocycles. The van der Waals surface area contributed by atoms with E-state index >= 15 is 0 Å². The minimum atomic E-state index is -0.909. The Morgan fingerprint density at radius 3 is 2.95 bits per heavy atom. The molecule has 104 valence electrons. The summed E-state index contributed by atoms with van der Waals surface area (Å²) in [6.45, 7) is 0.979. The lowest BCUT2D eigenvalue weighted by molar-refractivity contribution is -0.142. The number of nitrogens with zero attached hydrogens (tertiary/aromatic N) is 1. The van der Waals surface area contributed by atoms with Crippen molar-refractivity contribution in [2.45, 2.75) is 38.3 Å². The van der Waals surface area contributed by atoms with E-state index in [4.69, 9.17) is 0 Å². The number of urea groups is 1. The average molecular weight is 282 g/mol. The van der Waals surface area contributed by atoms with Gasteiger partial charge in [-0.25, -0.2) is 9.59 Å². The molecule has 2 heterocycles. The molecule has 6 heteroatoms. The van der Waals surface area contributed by atoms with Gasteiger partial charge in [0.15, 0.2) is 0 Å². The molecule has 1 aromatic rings. The van der Waals surface area contributed by atoms with E-state index in [1.807, 2.05) is 17.5 Å². The van der Waals surface area contributed by atoms with Crippen LogP contribution in [0.1, 0.15) is 30.6 Å². The highest BCUT2D eigenvalue weighted by Gasteiger charge is 2.30. The van der Waals surface area contributed by atoms with Crippen molar-refractivity contribution in [1.29, 1.82) is 0 Å². The predicted octanol–water partition coefficient (Wildman–Crippen LogP) is 2.29. The fourth-order valence-electron chi connectivity index (χ4n) is 2.29. The van der Waals surface area contributed by atoms with Crippen molar-refractivity contribution in [1.82, 2.24) is 10.2 Å². The Kier molecular flexibility index (Phi) is 4.79. The Balaban J connectivity index is 1.96. The molecule has 0 radical (unpaired) electrons. The van der Waals surface area contributed by atoms with Crippen LogP contribution in [0.5, 0.6) is 0 Å². The van der Waals surface area contributed by atoms with E-state index < -0.39 is 12.0 Å². The number of carbonyl (C=O) groups is 2. The minimum absolute atomic E-state index is 0.275. The quantitative estimate of drug-likeness (QED) is 0.893. The van der Waals surface area contributed by atoms with Crippen LogP contribution in [0, 0.1) is 0 Å². The second-order valence-corrected chi connectivity index (χ2v) is 5.67. The Hall–Kier alpha value is -1.56. The molecule has 1 saturated heterocycles. The second kappa shape index (κ2) is 6.56. The van der Waals surface area contributed by atoms with Crippen LogP contribution in [0.15, 0.2) is 17.5 Å². The Morgan fingerprint density at radius 2 is 2.26 bits per heavy atom. The van der Waals surface area contributed by atoms with Gasteiger partial charge in [0, 0.05) is 11.4 Å².